The normalized spacial score (nSPS) is 18.4. The van der Waals surface area contributed by atoms with E-state index in [4.69, 9.17) is 0 Å². The lowest BCUT2D eigenvalue weighted by Gasteiger charge is -2.31. The molecule has 0 N–H and O–H groups in total. The summed E-state index contributed by atoms with van der Waals surface area (Å²) < 4.78 is 80.2. The summed E-state index contributed by atoms with van der Waals surface area (Å²) in [5, 5.41) is 0. The van der Waals surface area contributed by atoms with Crippen molar-refractivity contribution < 1.29 is 26.0 Å². The van der Waals surface area contributed by atoms with Crippen molar-refractivity contribution in [2.45, 2.75) is 31.6 Å². The Morgan fingerprint density at radius 3 is 2.70 bits per heavy atom. The van der Waals surface area contributed by atoms with Crippen LogP contribution in [0.4, 0.5) is 23.2 Å². The first kappa shape index (κ1) is 20.5. The number of alkyl halides is 3. The molecule has 0 radical (unpaired) electrons. The van der Waals surface area contributed by atoms with Crippen molar-refractivity contribution in [3.63, 3.8) is 0 Å². The van der Waals surface area contributed by atoms with Crippen LogP contribution in [0.5, 0.6) is 0 Å². The highest BCUT2D eigenvalue weighted by molar-refractivity contribution is 7.89. The number of rotatable bonds is 3. The molecule has 30 heavy (non-hydrogen) atoms. The number of nitrogens with zero attached hydrogens (tertiary/aromatic N) is 5. The molecule has 2 aromatic heterocycles. The first-order valence-corrected chi connectivity index (χ1v) is 10.4. The molecule has 0 saturated heterocycles. The highest BCUT2D eigenvalue weighted by atomic mass is 32.2. The molecule has 0 fully saturated rings. The van der Waals surface area contributed by atoms with Gasteiger partial charge in [-0.3, -0.25) is 4.40 Å². The van der Waals surface area contributed by atoms with Gasteiger partial charge in [-0.1, -0.05) is 6.07 Å². The van der Waals surface area contributed by atoms with Crippen LogP contribution < -0.4 is 4.90 Å². The molecule has 3 heterocycles. The van der Waals surface area contributed by atoms with Crippen LogP contribution in [0.3, 0.4) is 0 Å². The van der Waals surface area contributed by atoms with Crippen LogP contribution in [0.1, 0.15) is 18.2 Å². The van der Waals surface area contributed by atoms with Crippen molar-refractivity contribution in [1.29, 1.82) is 0 Å². The molecule has 0 amide bonds. The predicted octanol–water partition coefficient (Wildman–Crippen LogP) is 2.93. The fourth-order valence-electron chi connectivity index (χ4n) is 3.58. The Hall–Kier alpha value is -2.73. The van der Waals surface area contributed by atoms with Crippen LogP contribution in [-0.4, -0.2) is 45.2 Å². The van der Waals surface area contributed by atoms with Gasteiger partial charge in [-0.05, 0) is 25.1 Å². The molecule has 1 atom stereocenters. The molecule has 0 aliphatic carbocycles. The molecule has 0 bridgehead atoms. The molecule has 160 valence electrons. The van der Waals surface area contributed by atoms with Gasteiger partial charge < -0.3 is 4.90 Å². The molecule has 0 unspecified atom stereocenters. The van der Waals surface area contributed by atoms with Gasteiger partial charge in [-0.25, -0.2) is 22.8 Å². The Morgan fingerprint density at radius 2 is 1.97 bits per heavy atom. The predicted molar refractivity (Wildman–Crippen MR) is 100 cm³/mol. The molecule has 1 aliphatic heterocycles. The van der Waals surface area contributed by atoms with Crippen molar-refractivity contribution in [2.75, 3.05) is 11.4 Å². The fraction of sp³-hybridized carbons (Fsp3) is 0.333. The number of sulfonamides is 1. The van der Waals surface area contributed by atoms with Crippen molar-refractivity contribution in [3.8, 4) is 0 Å². The number of benzene rings is 1. The minimum Gasteiger partial charge on any atom is -0.361 e. The van der Waals surface area contributed by atoms with Crippen LogP contribution in [-0.2, 0) is 23.1 Å². The second kappa shape index (κ2) is 7.20. The summed E-state index contributed by atoms with van der Waals surface area (Å²) in [5.41, 5.74) is -4.57. The van der Waals surface area contributed by atoms with E-state index in [-0.39, 0.29) is 16.4 Å². The van der Waals surface area contributed by atoms with Crippen molar-refractivity contribution in [2.24, 2.45) is 0 Å². The number of fused-ring (bicyclic) bond motifs is 2. The Bertz CT molecular complexity index is 1190. The Morgan fingerprint density at radius 1 is 1.20 bits per heavy atom. The van der Waals surface area contributed by atoms with E-state index in [1.807, 2.05) is 0 Å². The van der Waals surface area contributed by atoms with E-state index in [9.17, 15) is 26.0 Å². The summed E-state index contributed by atoms with van der Waals surface area (Å²) in [6, 6.07) is 5.14. The first-order chi connectivity index (χ1) is 14.1. The van der Waals surface area contributed by atoms with E-state index >= 15 is 0 Å². The zero-order chi connectivity index (χ0) is 21.7. The van der Waals surface area contributed by atoms with Crippen molar-refractivity contribution in [1.82, 2.24) is 18.7 Å². The zero-order valence-corrected chi connectivity index (χ0v) is 16.5. The second-order valence-corrected chi connectivity index (χ2v) is 8.93. The van der Waals surface area contributed by atoms with E-state index < -0.39 is 40.5 Å². The van der Waals surface area contributed by atoms with Crippen molar-refractivity contribution >= 4 is 21.5 Å². The summed E-state index contributed by atoms with van der Waals surface area (Å²) in [6.45, 7) is 0.606. The van der Waals surface area contributed by atoms with Gasteiger partial charge in [0, 0.05) is 42.8 Å². The number of hydrogen-bond donors (Lipinski definition) is 0. The van der Waals surface area contributed by atoms with Gasteiger partial charge in [0.15, 0.2) is 0 Å². The third kappa shape index (κ3) is 3.39. The standard InChI is InChI=1S/C18H17F4N5O2S/c1-12-9-25(30(28,29)18(20,21)22)11-14-15(19)4-2-5-16(14)27(12)10-13-8-24-17-23-6-3-7-26(13)17/h2-8,12H,9-11H2,1H3/t12-/m1/s1. The number of imidazole rings is 1. The molecule has 0 spiro atoms. The number of anilines is 1. The van der Waals surface area contributed by atoms with Gasteiger partial charge in [-0.2, -0.15) is 17.5 Å². The molecule has 1 aliphatic rings. The summed E-state index contributed by atoms with van der Waals surface area (Å²) in [5.74, 6) is -0.329. The minimum absolute atomic E-state index is 0.110. The van der Waals surface area contributed by atoms with E-state index in [0.717, 1.165) is 6.07 Å². The van der Waals surface area contributed by atoms with Gasteiger partial charge in [-0.15, -0.1) is 0 Å². The summed E-state index contributed by atoms with van der Waals surface area (Å²) in [4.78, 5) is 9.99. The maximum atomic E-state index is 14.6. The number of halogens is 4. The maximum absolute atomic E-state index is 14.6. The Labute approximate surface area is 169 Å². The molecule has 1 aromatic carbocycles. The Balaban J connectivity index is 1.79. The van der Waals surface area contributed by atoms with Crippen LogP contribution >= 0.6 is 0 Å². The lowest BCUT2D eigenvalue weighted by atomic mass is 10.1. The van der Waals surface area contributed by atoms with Crippen LogP contribution in [0.25, 0.3) is 5.78 Å². The average Bonchev–Trinajstić information content (AvgIpc) is 3.02. The fourth-order valence-corrected chi connectivity index (χ4v) is 4.59. The van der Waals surface area contributed by atoms with Gasteiger partial charge in [0.05, 0.1) is 18.4 Å². The molecular formula is C18H17F4N5O2S. The number of aromatic nitrogens is 3. The van der Waals surface area contributed by atoms with Crippen LogP contribution in [0.15, 0.2) is 42.9 Å². The molecule has 4 rings (SSSR count). The monoisotopic (exact) mass is 443 g/mol. The summed E-state index contributed by atoms with van der Waals surface area (Å²) in [6.07, 6.45) is 4.88. The van der Waals surface area contributed by atoms with Gasteiger partial charge in [0.25, 0.3) is 0 Å². The average molecular weight is 443 g/mol. The van der Waals surface area contributed by atoms with Crippen molar-refractivity contribution in [3.05, 3.63) is 59.9 Å². The number of hydrogen-bond acceptors (Lipinski definition) is 5. The lowest BCUT2D eigenvalue weighted by Crippen LogP contribution is -2.45. The van der Waals surface area contributed by atoms with Crippen LogP contribution in [0.2, 0.25) is 0 Å². The first-order valence-electron chi connectivity index (χ1n) is 8.97. The highest BCUT2D eigenvalue weighted by Gasteiger charge is 2.51. The summed E-state index contributed by atoms with van der Waals surface area (Å²) >= 11 is 0. The SMILES string of the molecule is C[C@@H]1CN(S(=O)(=O)C(F)(F)F)Cc2c(F)cccc2N1Cc1cnc2ncccn12. The summed E-state index contributed by atoms with van der Waals surface area (Å²) in [7, 11) is -5.62. The molecule has 12 heteroatoms. The van der Waals surface area contributed by atoms with E-state index in [1.165, 1.54) is 6.07 Å². The van der Waals surface area contributed by atoms with E-state index in [2.05, 4.69) is 9.97 Å². The largest absolute Gasteiger partial charge is 0.511 e. The smallest absolute Gasteiger partial charge is 0.361 e. The third-order valence-corrected chi connectivity index (χ3v) is 6.61. The molecule has 3 aromatic rings. The molecule has 0 saturated carbocycles. The zero-order valence-electron chi connectivity index (χ0n) is 15.7. The highest BCUT2D eigenvalue weighted by Crippen LogP contribution is 2.35. The van der Waals surface area contributed by atoms with E-state index in [0.29, 0.717) is 17.2 Å². The topological polar surface area (TPSA) is 70.8 Å². The van der Waals surface area contributed by atoms with E-state index in [1.54, 1.807) is 46.9 Å². The quantitative estimate of drug-likeness (QED) is 0.583. The minimum atomic E-state index is -5.62. The second-order valence-electron chi connectivity index (χ2n) is 7.00. The lowest BCUT2D eigenvalue weighted by molar-refractivity contribution is -0.0492. The van der Waals surface area contributed by atoms with Gasteiger partial charge in [0.1, 0.15) is 5.82 Å². The van der Waals surface area contributed by atoms with Crippen LogP contribution in [0, 0.1) is 5.82 Å². The third-order valence-electron chi connectivity index (χ3n) is 5.07. The molecule has 7 nitrogen and oxygen atoms in total. The molecular weight excluding hydrogens is 426 g/mol. The van der Waals surface area contributed by atoms with Gasteiger partial charge >= 0.3 is 15.5 Å². The van der Waals surface area contributed by atoms with Gasteiger partial charge in [0.2, 0.25) is 5.78 Å². The maximum Gasteiger partial charge on any atom is 0.511 e. The Kier molecular flexibility index (Phi) is 4.93.